The number of carbonyl (C=O) groups excluding carboxylic acids is 1. The number of hydrogen-bond acceptors (Lipinski definition) is 2. The summed E-state index contributed by atoms with van der Waals surface area (Å²) >= 11 is 0. The zero-order chi connectivity index (χ0) is 9.56. The third-order valence-electron chi connectivity index (χ3n) is 1.61. The van der Waals surface area contributed by atoms with Gasteiger partial charge < -0.3 is 10.0 Å². The van der Waals surface area contributed by atoms with E-state index in [1.165, 1.54) is 0 Å². The Balaban J connectivity index is 3.64. The second-order valence-corrected chi connectivity index (χ2v) is 2.94. The molecule has 1 amide bonds. The summed E-state index contributed by atoms with van der Waals surface area (Å²) in [4.78, 5) is 12.8. The number of rotatable bonds is 5. The summed E-state index contributed by atoms with van der Waals surface area (Å²) in [6.45, 7) is 6.14. The first-order valence-electron chi connectivity index (χ1n) is 4.11. The molecule has 70 valence electrons. The van der Waals surface area contributed by atoms with E-state index in [2.05, 4.69) is 6.58 Å². The summed E-state index contributed by atoms with van der Waals surface area (Å²) in [5, 5.41) is 8.51. The van der Waals surface area contributed by atoms with Crippen LogP contribution in [0, 0.1) is 0 Å². The summed E-state index contributed by atoms with van der Waals surface area (Å²) in [6.07, 6.45) is 1.58. The predicted octanol–water partition coefficient (Wildman–Crippen LogP) is 0.793. The SMILES string of the molecule is C=C(C)C(=O)N(C)CCCCO. The molecule has 3 nitrogen and oxygen atoms in total. The van der Waals surface area contributed by atoms with Gasteiger partial charge in [0.15, 0.2) is 0 Å². The fourth-order valence-corrected chi connectivity index (χ4v) is 0.888. The summed E-state index contributed by atoms with van der Waals surface area (Å²) in [5.74, 6) is -0.0204. The zero-order valence-corrected chi connectivity index (χ0v) is 7.84. The minimum atomic E-state index is -0.0204. The molecule has 1 N–H and O–H groups in total. The standard InChI is InChI=1S/C9H17NO2/c1-8(2)9(12)10(3)6-4-5-7-11/h11H,1,4-7H2,2-3H3. The van der Waals surface area contributed by atoms with E-state index in [0.717, 1.165) is 12.8 Å². The number of carbonyl (C=O) groups is 1. The number of amides is 1. The molecule has 0 aromatic carbocycles. The van der Waals surface area contributed by atoms with Crippen LogP contribution in [0.15, 0.2) is 12.2 Å². The Labute approximate surface area is 73.7 Å². The average Bonchev–Trinajstić information content (AvgIpc) is 2.03. The van der Waals surface area contributed by atoms with Crippen LogP contribution in [0.1, 0.15) is 19.8 Å². The predicted molar refractivity (Wildman–Crippen MR) is 48.8 cm³/mol. The Kier molecular flexibility index (Phi) is 5.37. The molecule has 12 heavy (non-hydrogen) atoms. The molecule has 0 aromatic heterocycles. The lowest BCUT2D eigenvalue weighted by Crippen LogP contribution is -2.28. The molecule has 0 radical (unpaired) electrons. The highest BCUT2D eigenvalue weighted by molar-refractivity contribution is 5.91. The van der Waals surface area contributed by atoms with Crippen molar-refractivity contribution < 1.29 is 9.90 Å². The lowest BCUT2D eigenvalue weighted by molar-refractivity contribution is -0.125. The molecule has 0 saturated carbocycles. The van der Waals surface area contributed by atoms with Crippen LogP contribution in [0.25, 0.3) is 0 Å². The summed E-state index contributed by atoms with van der Waals surface area (Å²) in [7, 11) is 1.74. The first kappa shape index (κ1) is 11.2. The summed E-state index contributed by atoms with van der Waals surface area (Å²) in [6, 6.07) is 0. The van der Waals surface area contributed by atoms with Gasteiger partial charge in [0, 0.05) is 25.8 Å². The lowest BCUT2D eigenvalue weighted by atomic mass is 10.2. The van der Waals surface area contributed by atoms with E-state index in [9.17, 15) is 4.79 Å². The first-order chi connectivity index (χ1) is 5.59. The van der Waals surface area contributed by atoms with E-state index in [4.69, 9.17) is 5.11 Å². The van der Waals surface area contributed by atoms with E-state index >= 15 is 0 Å². The van der Waals surface area contributed by atoms with E-state index in [1.54, 1.807) is 18.9 Å². The maximum Gasteiger partial charge on any atom is 0.248 e. The molecular weight excluding hydrogens is 154 g/mol. The van der Waals surface area contributed by atoms with Crippen LogP contribution in [0.4, 0.5) is 0 Å². The number of aliphatic hydroxyl groups excluding tert-OH is 1. The van der Waals surface area contributed by atoms with Crippen LogP contribution in [-0.4, -0.2) is 36.1 Å². The maximum absolute atomic E-state index is 11.2. The normalized spacial score (nSPS) is 9.58. The molecule has 0 aromatic rings. The van der Waals surface area contributed by atoms with Crippen molar-refractivity contribution in [3.8, 4) is 0 Å². The average molecular weight is 171 g/mol. The van der Waals surface area contributed by atoms with Gasteiger partial charge in [0.1, 0.15) is 0 Å². The van der Waals surface area contributed by atoms with E-state index in [0.29, 0.717) is 12.1 Å². The smallest absolute Gasteiger partial charge is 0.248 e. The van der Waals surface area contributed by atoms with Gasteiger partial charge in [0.25, 0.3) is 0 Å². The number of unbranched alkanes of at least 4 members (excludes halogenated alkanes) is 1. The van der Waals surface area contributed by atoms with Crippen molar-refractivity contribution in [2.24, 2.45) is 0 Å². The minimum Gasteiger partial charge on any atom is -0.396 e. The molecule has 3 heteroatoms. The maximum atomic E-state index is 11.2. The molecule has 0 atom stereocenters. The molecule has 0 unspecified atom stereocenters. The quantitative estimate of drug-likeness (QED) is 0.491. The first-order valence-corrected chi connectivity index (χ1v) is 4.11. The van der Waals surface area contributed by atoms with Crippen molar-refractivity contribution in [1.82, 2.24) is 4.90 Å². The van der Waals surface area contributed by atoms with Gasteiger partial charge in [-0.25, -0.2) is 0 Å². The molecular formula is C9H17NO2. The van der Waals surface area contributed by atoms with Gasteiger partial charge in [-0.3, -0.25) is 4.79 Å². The fraction of sp³-hybridized carbons (Fsp3) is 0.667. The van der Waals surface area contributed by atoms with Gasteiger partial charge in [0.2, 0.25) is 5.91 Å². The number of likely N-dealkylation sites (N-methyl/N-ethyl adjacent to an activating group) is 1. The second-order valence-electron chi connectivity index (χ2n) is 2.94. The van der Waals surface area contributed by atoms with Gasteiger partial charge in [0.05, 0.1) is 0 Å². The van der Waals surface area contributed by atoms with E-state index in [-0.39, 0.29) is 12.5 Å². The van der Waals surface area contributed by atoms with Crippen LogP contribution >= 0.6 is 0 Å². The van der Waals surface area contributed by atoms with Gasteiger partial charge >= 0.3 is 0 Å². The highest BCUT2D eigenvalue weighted by atomic mass is 16.2. The van der Waals surface area contributed by atoms with Gasteiger partial charge in [-0.15, -0.1) is 0 Å². The van der Waals surface area contributed by atoms with Crippen LogP contribution in [0.5, 0.6) is 0 Å². The summed E-state index contributed by atoms with van der Waals surface area (Å²) < 4.78 is 0. The van der Waals surface area contributed by atoms with E-state index in [1.807, 2.05) is 0 Å². The van der Waals surface area contributed by atoms with Crippen LogP contribution in [-0.2, 0) is 4.79 Å². The monoisotopic (exact) mass is 171 g/mol. The Hall–Kier alpha value is -0.830. The zero-order valence-electron chi connectivity index (χ0n) is 7.84. The molecule has 0 heterocycles. The third kappa shape index (κ3) is 4.13. The van der Waals surface area contributed by atoms with Crippen molar-refractivity contribution in [1.29, 1.82) is 0 Å². The van der Waals surface area contributed by atoms with Crippen molar-refractivity contribution in [2.45, 2.75) is 19.8 Å². The van der Waals surface area contributed by atoms with Crippen LogP contribution in [0.3, 0.4) is 0 Å². The van der Waals surface area contributed by atoms with Gasteiger partial charge in [-0.2, -0.15) is 0 Å². The molecule has 0 saturated heterocycles. The molecule has 0 bridgehead atoms. The molecule has 0 spiro atoms. The Morgan fingerprint density at radius 2 is 2.08 bits per heavy atom. The largest absolute Gasteiger partial charge is 0.396 e. The van der Waals surface area contributed by atoms with Crippen LogP contribution < -0.4 is 0 Å². The number of aliphatic hydroxyl groups is 1. The van der Waals surface area contributed by atoms with Crippen LogP contribution in [0.2, 0.25) is 0 Å². The number of nitrogens with zero attached hydrogens (tertiary/aromatic N) is 1. The Bertz CT molecular complexity index is 166. The Morgan fingerprint density at radius 1 is 1.50 bits per heavy atom. The second kappa shape index (κ2) is 5.77. The molecule has 0 aliphatic heterocycles. The molecule has 0 rings (SSSR count). The third-order valence-corrected chi connectivity index (χ3v) is 1.61. The van der Waals surface area contributed by atoms with E-state index < -0.39 is 0 Å². The van der Waals surface area contributed by atoms with Crippen molar-refractivity contribution in [3.05, 3.63) is 12.2 Å². The molecule has 0 aliphatic carbocycles. The van der Waals surface area contributed by atoms with Crippen molar-refractivity contribution >= 4 is 5.91 Å². The lowest BCUT2D eigenvalue weighted by Gasteiger charge is -2.16. The minimum absolute atomic E-state index is 0.0204. The highest BCUT2D eigenvalue weighted by Gasteiger charge is 2.07. The number of hydrogen-bond donors (Lipinski definition) is 1. The van der Waals surface area contributed by atoms with Gasteiger partial charge in [-0.1, -0.05) is 6.58 Å². The Morgan fingerprint density at radius 3 is 2.50 bits per heavy atom. The molecule has 0 aliphatic rings. The molecule has 0 fully saturated rings. The fourth-order valence-electron chi connectivity index (χ4n) is 0.888. The van der Waals surface area contributed by atoms with Crippen molar-refractivity contribution in [2.75, 3.05) is 20.2 Å². The topological polar surface area (TPSA) is 40.5 Å². The van der Waals surface area contributed by atoms with Gasteiger partial charge in [-0.05, 0) is 19.8 Å². The van der Waals surface area contributed by atoms with Crippen molar-refractivity contribution in [3.63, 3.8) is 0 Å². The summed E-state index contributed by atoms with van der Waals surface area (Å²) in [5.41, 5.74) is 0.557. The highest BCUT2D eigenvalue weighted by Crippen LogP contribution is 1.98.